The molecule has 0 aliphatic carbocycles. The number of halogens is 2. The highest BCUT2D eigenvalue weighted by Crippen LogP contribution is 2.32. The highest BCUT2D eigenvalue weighted by atomic mass is 35.5. The summed E-state index contributed by atoms with van der Waals surface area (Å²) in [6.07, 6.45) is 0.808. The molecule has 0 fully saturated rings. The van der Waals surface area contributed by atoms with Gasteiger partial charge in [-0.25, -0.2) is 4.39 Å². The van der Waals surface area contributed by atoms with E-state index in [4.69, 9.17) is 17.3 Å². The molecule has 0 unspecified atom stereocenters. The molecule has 0 atom stereocenters. The largest absolute Gasteiger partial charge is 0.341 e. The molecular weight excluding hydrogens is 275 g/mol. The Bertz CT molecular complexity index is 569. The number of anilines is 2. The van der Waals surface area contributed by atoms with Crippen molar-refractivity contribution in [3.05, 3.63) is 58.9 Å². The Morgan fingerprint density at radius 3 is 2.40 bits per heavy atom. The van der Waals surface area contributed by atoms with Crippen LogP contribution in [-0.2, 0) is 6.42 Å². The maximum absolute atomic E-state index is 13.0. The Balaban J connectivity index is 2.34. The quantitative estimate of drug-likeness (QED) is 0.897. The van der Waals surface area contributed by atoms with E-state index in [0.29, 0.717) is 11.6 Å². The maximum Gasteiger partial charge on any atom is 0.123 e. The van der Waals surface area contributed by atoms with E-state index in [0.717, 1.165) is 29.9 Å². The topological polar surface area (TPSA) is 29.3 Å². The molecule has 4 heteroatoms. The molecule has 0 aliphatic heterocycles. The first-order valence-electron chi connectivity index (χ1n) is 6.67. The third-order valence-electron chi connectivity index (χ3n) is 3.19. The minimum absolute atomic E-state index is 0.241. The first kappa shape index (κ1) is 14.8. The van der Waals surface area contributed by atoms with Crippen molar-refractivity contribution < 1.29 is 4.39 Å². The molecule has 20 heavy (non-hydrogen) atoms. The number of benzene rings is 2. The highest BCUT2D eigenvalue weighted by molar-refractivity contribution is 6.33. The number of hydrogen-bond acceptors (Lipinski definition) is 2. The summed E-state index contributed by atoms with van der Waals surface area (Å²) in [4.78, 5) is 2.05. The second-order valence-electron chi connectivity index (χ2n) is 4.55. The molecule has 0 heterocycles. The zero-order valence-corrected chi connectivity index (χ0v) is 12.2. The smallest absolute Gasteiger partial charge is 0.123 e. The summed E-state index contributed by atoms with van der Waals surface area (Å²) >= 11 is 6.36. The molecule has 0 amide bonds. The van der Waals surface area contributed by atoms with E-state index in [9.17, 15) is 4.39 Å². The Kier molecular flexibility index (Phi) is 4.99. The van der Waals surface area contributed by atoms with Gasteiger partial charge in [0.25, 0.3) is 0 Å². The Morgan fingerprint density at radius 1 is 1.15 bits per heavy atom. The lowest BCUT2D eigenvalue weighted by atomic mass is 10.1. The Labute approximate surface area is 124 Å². The molecule has 0 aliphatic rings. The van der Waals surface area contributed by atoms with Gasteiger partial charge < -0.3 is 10.6 Å². The van der Waals surface area contributed by atoms with Crippen LogP contribution in [0.1, 0.15) is 12.5 Å². The van der Waals surface area contributed by atoms with Crippen molar-refractivity contribution in [2.75, 3.05) is 18.0 Å². The average molecular weight is 293 g/mol. The molecule has 2 rings (SSSR count). The van der Waals surface area contributed by atoms with Crippen LogP contribution in [0.15, 0.2) is 42.5 Å². The molecule has 2 aromatic rings. The van der Waals surface area contributed by atoms with Gasteiger partial charge in [-0.2, -0.15) is 0 Å². The number of nitrogens with two attached hydrogens (primary N) is 1. The molecule has 2 nitrogen and oxygen atoms in total. The predicted octanol–water partition coefficient (Wildman–Crippen LogP) is 4.14. The van der Waals surface area contributed by atoms with E-state index in [1.54, 1.807) is 12.1 Å². The van der Waals surface area contributed by atoms with Gasteiger partial charge in [0.1, 0.15) is 5.82 Å². The summed E-state index contributed by atoms with van der Waals surface area (Å²) < 4.78 is 13.0. The second kappa shape index (κ2) is 6.73. The molecule has 0 aromatic heterocycles. The van der Waals surface area contributed by atoms with Gasteiger partial charge in [-0.15, -0.1) is 0 Å². The van der Waals surface area contributed by atoms with Gasteiger partial charge in [0, 0.05) is 12.2 Å². The van der Waals surface area contributed by atoms with Gasteiger partial charge in [0.05, 0.1) is 10.7 Å². The van der Waals surface area contributed by atoms with E-state index >= 15 is 0 Å². The van der Waals surface area contributed by atoms with Crippen LogP contribution < -0.4 is 10.6 Å². The Hall–Kier alpha value is -1.58. The summed E-state index contributed by atoms with van der Waals surface area (Å²) in [5.41, 5.74) is 8.51. The summed E-state index contributed by atoms with van der Waals surface area (Å²) in [6, 6.07) is 12.4. The molecular formula is C16H18ClFN2. The third kappa shape index (κ3) is 3.30. The molecule has 2 aromatic carbocycles. The monoisotopic (exact) mass is 292 g/mol. The zero-order chi connectivity index (χ0) is 14.5. The van der Waals surface area contributed by atoms with Crippen LogP contribution in [-0.4, -0.2) is 13.1 Å². The summed E-state index contributed by atoms with van der Waals surface area (Å²) in [6.45, 7) is 3.39. The van der Waals surface area contributed by atoms with Crippen molar-refractivity contribution >= 4 is 23.0 Å². The lowest BCUT2D eigenvalue weighted by Gasteiger charge is -2.24. The lowest BCUT2D eigenvalue weighted by molar-refractivity contribution is 0.628. The van der Waals surface area contributed by atoms with Crippen LogP contribution in [0.2, 0.25) is 5.02 Å². The van der Waals surface area contributed by atoms with E-state index in [-0.39, 0.29) is 5.82 Å². The fraction of sp³-hybridized carbons (Fsp3) is 0.250. The SMILES string of the molecule is CCN(c1ccc(F)cc1)c1ccc(CCN)cc1Cl. The van der Waals surface area contributed by atoms with Crippen LogP contribution >= 0.6 is 11.6 Å². The van der Waals surface area contributed by atoms with Gasteiger partial charge >= 0.3 is 0 Å². The van der Waals surface area contributed by atoms with Crippen molar-refractivity contribution in [2.45, 2.75) is 13.3 Å². The van der Waals surface area contributed by atoms with Crippen LogP contribution in [0.5, 0.6) is 0 Å². The van der Waals surface area contributed by atoms with Crippen molar-refractivity contribution in [1.29, 1.82) is 0 Å². The van der Waals surface area contributed by atoms with Crippen LogP contribution in [0, 0.1) is 5.82 Å². The highest BCUT2D eigenvalue weighted by Gasteiger charge is 2.11. The first-order chi connectivity index (χ1) is 9.65. The minimum Gasteiger partial charge on any atom is -0.341 e. The van der Waals surface area contributed by atoms with E-state index in [2.05, 4.69) is 0 Å². The molecule has 0 bridgehead atoms. The van der Waals surface area contributed by atoms with Crippen molar-refractivity contribution in [1.82, 2.24) is 0 Å². The molecule has 0 saturated carbocycles. The van der Waals surface area contributed by atoms with E-state index in [1.807, 2.05) is 30.0 Å². The second-order valence-corrected chi connectivity index (χ2v) is 4.95. The summed E-state index contributed by atoms with van der Waals surface area (Å²) in [5, 5.41) is 0.683. The van der Waals surface area contributed by atoms with Crippen molar-refractivity contribution in [2.24, 2.45) is 5.73 Å². The van der Waals surface area contributed by atoms with Crippen molar-refractivity contribution in [3.63, 3.8) is 0 Å². The molecule has 0 radical (unpaired) electrons. The van der Waals surface area contributed by atoms with E-state index in [1.165, 1.54) is 12.1 Å². The standard InChI is InChI=1S/C16H18ClFN2/c1-2-20(14-6-4-13(18)5-7-14)16-8-3-12(9-10-19)11-15(16)17/h3-8,11H,2,9-10,19H2,1H3. The zero-order valence-electron chi connectivity index (χ0n) is 11.4. The number of nitrogens with zero attached hydrogens (tertiary/aromatic N) is 1. The number of rotatable bonds is 5. The van der Waals surface area contributed by atoms with Gasteiger partial charge in [-0.05, 0) is 61.9 Å². The van der Waals surface area contributed by atoms with Crippen molar-refractivity contribution in [3.8, 4) is 0 Å². The van der Waals surface area contributed by atoms with Crippen LogP contribution in [0.4, 0.5) is 15.8 Å². The fourth-order valence-electron chi connectivity index (χ4n) is 2.20. The molecule has 0 saturated heterocycles. The fourth-order valence-corrected chi connectivity index (χ4v) is 2.51. The molecule has 106 valence electrons. The molecule has 0 spiro atoms. The Morgan fingerprint density at radius 2 is 1.85 bits per heavy atom. The van der Waals surface area contributed by atoms with Gasteiger partial charge in [0.15, 0.2) is 0 Å². The normalized spacial score (nSPS) is 10.6. The maximum atomic E-state index is 13.0. The van der Waals surface area contributed by atoms with Crippen LogP contribution in [0.25, 0.3) is 0 Å². The van der Waals surface area contributed by atoms with Crippen LogP contribution in [0.3, 0.4) is 0 Å². The molecule has 2 N–H and O–H groups in total. The average Bonchev–Trinajstić information content (AvgIpc) is 2.44. The number of hydrogen-bond donors (Lipinski definition) is 1. The first-order valence-corrected chi connectivity index (χ1v) is 7.05. The van der Waals surface area contributed by atoms with Gasteiger partial charge in [-0.3, -0.25) is 0 Å². The van der Waals surface area contributed by atoms with E-state index < -0.39 is 0 Å². The lowest BCUT2D eigenvalue weighted by Crippen LogP contribution is -2.16. The predicted molar refractivity (Wildman–Crippen MR) is 83.3 cm³/mol. The minimum atomic E-state index is -0.241. The third-order valence-corrected chi connectivity index (χ3v) is 3.49. The van der Waals surface area contributed by atoms with Gasteiger partial charge in [-0.1, -0.05) is 17.7 Å². The van der Waals surface area contributed by atoms with Gasteiger partial charge in [0.2, 0.25) is 0 Å². The summed E-state index contributed by atoms with van der Waals surface area (Å²) in [7, 11) is 0. The summed E-state index contributed by atoms with van der Waals surface area (Å²) in [5.74, 6) is -0.241.